The Hall–Kier alpha value is -1.81. The first-order chi connectivity index (χ1) is 11.3. The molecule has 0 saturated carbocycles. The lowest BCUT2D eigenvalue weighted by molar-refractivity contribution is 0.187. The van der Waals surface area contributed by atoms with Crippen LogP contribution in [-0.2, 0) is 6.54 Å². The minimum absolute atomic E-state index is 0.0794. The molecule has 1 aromatic carbocycles. The van der Waals surface area contributed by atoms with E-state index in [0.717, 1.165) is 38.0 Å². The van der Waals surface area contributed by atoms with Crippen LogP contribution in [0.15, 0.2) is 42.1 Å². The van der Waals surface area contributed by atoms with Gasteiger partial charge in [0.05, 0.1) is 0 Å². The molecule has 0 atom stereocenters. The van der Waals surface area contributed by atoms with Gasteiger partial charge in [-0.2, -0.15) is 0 Å². The van der Waals surface area contributed by atoms with Gasteiger partial charge >= 0.3 is 6.03 Å². The minimum atomic E-state index is -0.0971. The third kappa shape index (κ3) is 6.00. The molecule has 1 aromatic rings. The number of hydrogen-bond acceptors (Lipinski definition) is 2. The van der Waals surface area contributed by atoms with Gasteiger partial charge in [0.2, 0.25) is 0 Å². The molecule has 132 valence electrons. The fourth-order valence-corrected chi connectivity index (χ4v) is 2.69. The predicted molar refractivity (Wildman–Crippen MR) is 99.6 cm³/mol. The van der Waals surface area contributed by atoms with Crippen molar-refractivity contribution in [3.8, 4) is 0 Å². The average Bonchev–Trinajstić information content (AvgIpc) is 2.54. The largest absolute Gasteiger partial charge is 0.335 e. The minimum Gasteiger partial charge on any atom is -0.335 e. The summed E-state index contributed by atoms with van der Waals surface area (Å²) in [7, 11) is 0. The number of likely N-dealkylation sites (tertiary alicyclic amines) is 1. The Labute approximate surface area is 146 Å². The second-order valence-corrected chi connectivity index (χ2v) is 7.73. The zero-order chi connectivity index (χ0) is 17.6. The van der Waals surface area contributed by atoms with Gasteiger partial charge in [-0.1, -0.05) is 56.7 Å². The zero-order valence-electron chi connectivity index (χ0n) is 15.4. The molecule has 1 saturated heterocycles. The summed E-state index contributed by atoms with van der Waals surface area (Å²) in [6, 6.07) is 10.7. The summed E-state index contributed by atoms with van der Waals surface area (Å²) in [5.41, 5.74) is 2.59. The Morgan fingerprint density at radius 1 is 1.21 bits per heavy atom. The van der Waals surface area contributed by atoms with Gasteiger partial charge in [0.15, 0.2) is 0 Å². The second kappa shape index (κ2) is 8.34. The van der Waals surface area contributed by atoms with Crippen molar-refractivity contribution < 1.29 is 4.79 Å². The number of carbonyl (C=O) groups excluding carboxylic acids is 1. The lowest BCUT2D eigenvalue weighted by Gasteiger charge is -2.32. The van der Waals surface area contributed by atoms with Crippen LogP contribution in [0.1, 0.15) is 46.1 Å². The summed E-state index contributed by atoms with van der Waals surface area (Å²) in [5, 5.41) is 5.95. The van der Waals surface area contributed by atoms with E-state index in [-0.39, 0.29) is 17.5 Å². The van der Waals surface area contributed by atoms with Crippen LogP contribution >= 0.6 is 0 Å². The molecule has 0 unspecified atom stereocenters. The molecule has 4 heteroatoms. The molecule has 0 spiro atoms. The highest BCUT2D eigenvalue weighted by atomic mass is 16.2. The third-order valence-corrected chi connectivity index (χ3v) is 4.77. The highest BCUT2D eigenvalue weighted by molar-refractivity contribution is 5.75. The van der Waals surface area contributed by atoms with Crippen molar-refractivity contribution in [1.29, 1.82) is 0 Å². The summed E-state index contributed by atoms with van der Waals surface area (Å²) in [5.74, 6) is 0. The molecule has 24 heavy (non-hydrogen) atoms. The van der Waals surface area contributed by atoms with Crippen LogP contribution in [0.4, 0.5) is 4.79 Å². The van der Waals surface area contributed by atoms with Gasteiger partial charge in [0, 0.05) is 31.9 Å². The Bertz CT molecular complexity index is 552. The van der Waals surface area contributed by atoms with Crippen molar-refractivity contribution >= 4 is 6.03 Å². The maximum atomic E-state index is 12.0. The molecule has 2 N–H and O–H groups in total. The Morgan fingerprint density at radius 3 is 2.42 bits per heavy atom. The van der Waals surface area contributed by atoms with Gasteiger partial charge < -0.3 is 10.6 Å². The lowest BCUT2D eigenvalue weighted by atomic mass is 9.88. The lowest BCUT2D eigenvalue weighted by Crippen LogP contribution is -2.46. The highest BCUT2D eigenvalue weighted by Gasteiger charge is 2.20. The average molecular weight is 329 g/mol. The Balaban J connectivity index is 1.72. The van der Waals surface area contributed by atoms with Crippen molar-refractivity contribution in [2.45, 2.75) is 53.1 Å². The molecule has 0 bridgehead atoms. The normalized spacial score (nSPS) is 17.6. The van der Waals surface area contributed by atoms with E-state index in [1.807, 2.05) is 19.2 Å². The fourth-order valence-electron chi connectivity index (χ4n) is 2.69. The SMILES string of the molecule is C/C(=C\NC(=O)NC1CCN(Cc2ccccc2)CC1)C(C)(C)C. The van der Waals surface area contributed by atoms with E-state index in [2.05, 4.69) is 60.6 Å². The van der Waals surface area contributed by atoms with E-state index in [0.29, 0.717) is 0 Å². The number of urea groups is 1. The van der Waals surface area contributed by atoms with Gasteiger partial charge in [-0.25, -0.2) is 4.79 Å². The smallest absolute Gasteiger partial charge is 0.318 e. The number of allylic oxidation sites excluding steroid dienone is 1. The van der Waals surface area contributed by atoms with Gasteiger partial charge in [0.1, 0.15) is 0 Å². The monoisotopic (exact) mass is 329 g/mol. The standard InChI is InChI=1S/C20H31N3O/c1-16(20(2,3)4)14-21-19(24)22-18-10-12-23(13-11-18)15-17-8-6-5-7-9-17/h5-9,14,18H,10-13,15H2,1-4H3,(H2,21,22,24)/b16-14+. The number of hydrogen-bond donors (Lipinski definition) is 2. The third-order valence-electron chi connectivity index (χ3n) is 4.77. The number of piperidine rings is 1. The summed E-state index contributed by atoms with van der Waals surface area (Å²) >= 11 is 0. The van der Waals surface area contributed by atoms with E-state index in [9.17, 15) is 4.79 Å². The summed E-state index contributed by atoms with van der Waals surface area (Å²) < 4.78 is 0. The first-order valence-electron chi connectivity index (χ1n) is 8.85. The van der Waals surface area contributed by atoms with Gasteiger partial charge in [-0.05, 0) is 30.7 Å². The van der Waals surface area contributed by atoms with Crippen molar-refractivity contribution in [3.05, 3.63) is 47.7 Å². The Kier molecular flexibility index (Phi) is 6.44. The van der Waals surface area contributed by atoms with E-state index < -0.39 is 0 Å². The number of carbonyl (C=O) groups is 1. The molecular formula is C20H31N3O. The first kappa shape index (κ1) is 18.5. The van der Waals surface area contributed by atoms with Gasteiger partial charge in [-0.15, -0.1) is 0 Å². The van der Waals surface area contributed by atoms with Crippen LogP contribution in [0, 0.1) is 5.41 Å². The number of nitrogens with one attached hydrogen (secondary N) is 2. The molecule has 2 amide bonds. The van der Waals surface area contributed by atoms with Crippen molar-refractivity contribution in [2.24, 2.45) is 5.41 Å². The Morgan fingerprint density at radius 2 is 1.83 bits per heavy atom. The maximum absolute atomic E-state index is 12.0. The van der Waals surface area contributed by atoms with Crippen molar-refractivity contribution in [1.82, 2.24) is 15.5 Å². The molecule has 0 aliphatic carbocycles. The molecule has 1 aliphatic rings. The predicted octanol–water partition coefficient (Wildman–Crippen LogP) is 3.90. The van der Waals surface area contributed by atoms with E-state index >= 15 is 0 Å². The topological polar surface area (TPSA) is 44.4 Å². The molecule has 0 aromatic heterocycles. The number of amides is 2. The summed E-state index contributed by atoms with van der Waals surface area (Å²) in [6.07, 6.45) is 3.82. The van der Waals surface area contributed by atoms with Gasteiger partial charge in [0.25, 0.3) is 0 Å². The molecule has 1 fully saturated rings. The summed E-state index contributed by atoms with van der Waals surface area (Å²) in [4.78, 5) is 14.5. The molecule has 1 aliphatic heterocycles. The molecular weight excluding hydrogens is 298 g/mol. The van der Waals surface area contributed by atoms with E-state index in [1.54, 1.807) is 0 Å². The zero-order valence-corrected chi connectivity index (χ0v) is 15.4. The van der Waals surface area contributed by atoms with Crippen LogP contribution in [-0.4, -0.2) is 30.1 Å². The molecule has 2 rings (SSSR count). The van der Waals surface area contributed by atoms with E-state index in [1.165, 1.54) is 5.56 Å². The van der Waals surface area contributed by atoms with Crippen LogP contribution in [0.2, 0.25) is 0 Å². The van der Waals surface area contributed by atoms with Gasteiger partial charge in [-0.3, -0.25) is 4.90 Å². The molecule has 0 radical (unpaired) electrons. The number of benzene rings is 1. The maximum Gasteiger partial charge on any atom is 0.318 e. The van der Waals surface area contributed by atoms with Crippen molar-refractivity contribution in [3.63, 3.8) is 0 Å². The summed E-state index contributed by atoms with van der Waals surface area (Å²) in [6.45, 7) is 11.5. The number of nitrogens with zero attached hydrogens (tertiary/aromatic N) is 1. The van der Waals surface area contributed by atoms with Crippen LogP contribution in [0.3, 0.4) is 0 Å². The van der Waals surface area contributed by atoms with Crippen LogP contribution < -0.4 is 10.6 Å². The quantitative estimate of drug-likeness (QED) is 0.880. The fraction of sp³-hybridized carbons (Fsp3) is 0.550. The molecule has 1 heterocycles. The first-order valence-corrected chi connectivity index (χ1v) is 8.85. The molecule has 4 nitrogen and oxygen atoms in total. The van der Waals surface area contributed by atoms with E-state index in [4.69, 9.17) is 0 Å². The van der Waals surface area contributed by atoms with Crippen molar-refractivity contribution in [2.75, 3.05) is 13.1 Å². The van der Waals surface area contributed by atoms with Crippen LogP contribution in [0.25, 0.3) is 0 Å². The highest BCUT2D eigenvalue weighted by Crippen LogP contribution is 2.23. The number of rotatable bonds is 4. The van der Waals surface area contributed by atoms with Crippen LogP contribution in [0.5, 0.6) is 0 Å². The second-order valence-electron chi connectivity index (χ2n) is 7.73.